The highest BCUT2D eigenvalue weighted by atomic mass is 15.1. The minimum absolute atomic E-state index is 0.940. The zero-order valence-electron chi connectivity index (χ0n) is 29.5. The molecule has 0 saturated carbocycles. The van der Waals surface area contributed by atoms with Crippen LogP contribution in [-0.4, -0.2) is 9.55 Å². The van der Waals surface area contributed by atoms with Gasteiger partial charge in [0.25, 0.3) is 0 Å². The average Bonchev–Trinajstić information content (AvgIpc) is 3.63. The lowest BCUT2D eigenvalue weighted by Gasteiger charge is -2.24. The Labute approximate surface area is 310 Å². The molecule has 2 heteroatoms. The number of fused-ring (bicyclic) bond motifs is 3. The van der Waals surface area contributed by atoms with E-state index in [0.717, 1.165) is 53.8 Å². The Morgan fingerprint density at radius 3 is 1.94 bits per heavy atom. The zero-order valence-corrected chi connectivity index (χ0v) is 29.5. The van der Waals surface area contributed by atoms with Gasteiger partial charge in [-0.1, -0.05) is 152 Å². The summed E-state index contributed by atoms with van der Waals surface area (Å²) in [4.78, 5) is 5.16. The first-order valence-electron chi connectivity index (χ1n) is 18.8. The molecule has 1 heterocycles. The minimum atomic E-state index is 0.940. The molecule has 0 amide bonds. The third-order valence-electron chi connectivity index (χ3n) is 10.9. The van der Waals surface area contributed by atoms with E-state index in [2.05, 4.69) is 187 Å². The second-order valence-corrected chi connectivity index (χ2v) is 14.1. The average molecular weight is 679 g/mol. The van der Waals surface area contributed by atoms with Crippen LogP contribution in [0.15, 0.2) is 176 Å². The normalized spacial score (nSPS) is 13.7. The molecular weight excluding hydrogens is 641 g/mol. The van der Waals surface area contributed by atoms with Gasteiger partial charge in [-0.2, -0.15) is 0 Å². The Kier molecular flexibility index (Phi) is 7.80. The SMILES string of the molecule is C1=CC(c2cccc(-c3c4c(c(-c5ccc(-n6c(-c7ccc(-c8ccccc8)cc7)nc7ccccc76)cc5)c5ccccc35)C=CCC4)c2)=CCC1. The summed E-state index contributed by atoms with van der Waals surface area (Å²) in [5.41, 5.74) is 17.3. The second kappa shape index (κ2) is 13.2. The Bertz CT molecular complexity index is 2740. The van der Waals surface area contributed by atoms with E-state index in [0.29, 0.717) is 0 Å². The molecule has 2 aliphatic rings. The van der Waals surface area contributed by atoms with Crippen molar-refractivity contribution in [2.75, 3.05) is 0 Å². The summed E-state index contributed by atoms with van der Waals surface area (Å²) < 4.78 is 2.30. The van der Waals surface area contributed by atoms with Crippen molar-refractivity contribution in [3.63, 3.8) is 0 Å². The third kappa shape index (κ3) is 5.55. The van der Waals surface area contributed by atoms with Crippen LogP contribution in [0, 0.1) is 0 Å². The predicted octanol–water partition coefficient (Wildman–Crippen LogP) is 13.5. The molecule has 0 unspecified atom stereocenters. The standard InChI is InChI=1S/C51H38N2/c1-3-14-35(15-4-1)37-26-28-39(29-27-37)51-52-47-24-11-12-25-48(47)53(51)42-32-30-38(31-33-42)49-43-20-7-9-22-45(43)50(46-23-10-8-21-44(46)49)41-19-13-18-40(34-41)36-16-5-2-6-17-36/h1,3-5,7-9,11-22,24-34H,2,6,10,23H2. The van der Waals surface area contributed by atoms with E-state index in [1.165, 1.54) is 66.4 Å². The van der Waals surface area contributed by atoms with E-state index in [9.17, 15) is 0 Å². The Morgan fingerprint density at radius 1 is 0.472 bits per heavy atom. The van der Waals surface area contributed by atoms with Crippen LogP contribution in [0.2, 0.25) is 0 Å². The van der Waals surface area contributed by atoms with Crippen LogP contribution >= 0.6 is 0 Å². The van der Waals surface area contributed by atoms with E-state index < -0.39 is 0 Å². The molecule has 7 aromatic carbocycles. The number of aromatic nitrogens is 2. The minimum Gasteiger partial charge on any atom is -0.292 e. The van der Waals surface area contributed by atoms with Gasteiger partial charge in [-0.25, -0.2) is 4.98 Å². The maximum Gasteiger partial charge on any atom is 0.145 e. The fourth-order valence-electron chi connectivity index (χ4n) is 8.41. The lowest BCUT2D eigenvalue weighted by atomic mass is 9.80. The molecule has 53 heavy (non-hydrogen) atoms. The molecule has 0 aliphatic heterocycles. The molecule has 0 radical (unpaired) electrons. The molecular formula is C51H38N2. The number of hydrogen-bond donors (Lipinski definition) is 0. The van der Waals surface area contributed by atoms with Gasteiger partial charge in [-0.15, -0.1) is 0 Å². The number of nitrogens with zero attached hydrogens (tertiary/aromatic N) is 2. The number of benzene rings is 7. The van der Waals surface area contributed by atoms with E-state index in [1.807, 2.05) is 0 Å². The Morgan fingerprint density at radius 2 is 1.13 bits per heavy atom. The number of allylic oxidation sites excluding steroid dienone is 5. The van der Waals surface area contributed by atoms with Crippen molar-refractivity contribution >= 4 is 33.5 Å². The number of hydrogen-bond acceptors (Lipinski definition) is 1. The van der Waals surface area contributed by atoms with Gasteiger partial charge >= 0.3 is 0 Å². The van der Waals surface area contributed by atoms with Crippen LogP contribution in [0.3, 0.4) is 0 Å². The largest absolute Gasteiger partial charge is 0.292 e. The molecule has 252 valence electrons. The number of imidazole rings is 1. The molecule has 10 rings (SSSR count). The van der Waals surface area contributed by atoms with Gasteiger partial charge in [-0.05, 0) is 122 Å². The van der Waals surface area contributed by atoms with Crippen LogP contribution in [-0.2, 0) is 6.42 Å². The molecule has 8 aromatic rings. The van der Waals surface area contributed by atoms with Gasteiger partial charge < -0.3 is 0 Å². The maximum absolute atomic E-state index is 5.16. The Balaban J connectivity index is 1.09. The first-order chi connectivity index (χ1) is 26.3. The van der Waals surface area contributed by atoms with Gasteiger partial charge in [0.05, 0.1) is 11.0 Å². The quantitative estimate of drug-likeness (QED) is 0.171. The topological polar surface area (TPSA) is 17.8 Å². The van der Waals surface area contributed by atoms with Crippen LogP contribution < -0.4 is 0 Å². The highest BCUT2D eigenvalue weighted by Crippen LogP contribution is 2.45. The van der Waals surface area contributed by atoms with Crippen LogP contribution in [0.5, 0.6) is 0 Å². The monoisotopic (exact) mass is 678 g/mol. The van der Waals surface area contributed by atoms with Gasteiger partial charge in [0.1, 0.15) is 5.82 Å². The van der Waals surface area contributed by atoms with Gasteiger partial charge in [0, 0.05) is 11.3 Å². The van der Waals surface area contributed by atoms with E-state index >= 15 is 0 Å². The van der Waals surface area contributed by atoms with Crippen molar-refractivity contribution < 1.29 is 0 Å². The maximum atomic E-state index is 5.16. The summed E-state index contributed by atoms with van der Waals surface area (Å²) in [6, 6.07) is 55.1. The van der Waals surface area contributed by atoms with Crippen molar-refractivity contribution in [2.24, 2.45) is 0 Å². The van der Waals surface area contributed by atoms with Crippen molar-refractivity contribution in [3.8, 4) is 50.5 Å². The summed E-state index contributed by atoms with van der Waals surface area (Å²) in [7, 11) is 0. The zero-order chi connectivity index (χ0) is 35.1. The smallest absolute Gasteiger partial charge is 0.145 e. The predicted molar refractivity (Wildman–Crippen MR) is 224 cm³/mol. The lowest BCUT2D eigenvalue weighted by molar-refractivity contribution is 0.991. The fraction of sp³-hybridized carbons (Fsp3) is 0.0784. The van der Waals surface area contributed by atoms with Gasteiger partial charge in [-0.3, -0.25) is 4.57 Å². The van der Waals surface area contributed by atoms with Crippen LogP contribution in [0.25, 0.3) is 83.9 Å². The lowest BCUT2D eigenvalue weighted by Crippen LogP contribution is -2.03. The molecule has 2 nitrogen and oxygen atoms in total. The van der Waals surface area contributed by atoms with Crippen molar-refractivity contribution in [1.29, 1.82) is 0 Å². The molecule has 0 atom stereocenters. The molecule has 2 aliphatic carbocycles. The fourth-order valence-corrected chi connectivity index (χ4v) is 8.41. The summed E-state index contributed by atoms with van der Waals surface area (Å²) in [5, 5.41) is 2.60. The molecule has 0 saturated heterocycles. The van der Waals surface area contributed by atoms with Crippen LogP contribution in [0.4, 0.5) is 0 Å². The summed E-state index contributed by atoms with van der Waals surface area (Å²) in [6.45, 7) is 0. The highest BCUT2D eigenvalue weighted by molar-refractivity contribution is 6.10. The van der Waals surface area contributed by atoms with Crippen LogP contribution in [0.1, 0.15) is 36.0 Å². The van der Waals surface area contributed by atoms with Gasteiger partial charge in [0.2, 0.25) is 0 Å². The first kappa shape index (κ1) is 31.2. The molecule has 0 fully saturated rings. The Hall–Kier alpha value is -6.51. The van der Waals surface area contributed by atoms with E-state index in [4.69, 9.17) is 4.98 Å². The molecule has 0 N–H and O–H groups in total. The number of para-hydroxylation sites is 2. The van der Waals surface area contributed by atoms with E-state index in [1.54, 1.807) is 0 Å². The molecule has 1 aromatic heterocycles. The van der Waals surface area contributed by atoms with E-state index in [-0.39, 0.29) is 0 Å². The van der Waals surface area contributed by atoms with Crippen molar-refractivity contribution in [1.82, 2.24) is 9.55 Å². The van der Waals surface area contributed by atoms with Gasteiger partial charge in [0.15, 0.2) is 0 Å². The molecule has 0 spiro atoms. The summed E-state index contributed by atoms with van der Waals surface area (Å²) in [5.74, 6) is 0.940. The third-order valence-corrected chi connectivity index (χ3v) is 10.9. The second-order valence-electron chi connectivity index (χ2n) is 14.1. The highest BCUT2D eigenvalue weighted by Gasteiger charge is 2.22. The summed E-state index contributed by atoms with van der Waals surface area (Å²) >= 11 is 0. The molecule has 0 bridgehead atoms. The van der Waals surface area contributed by atoms with Crippen molar-refractivity contribution in [2.45, 2.75) is 25.7 Å². The number of rotatable bonds is 6. The first-order valence-corrected chi connectivity index (χ1v) is 18.8. The summed E-state index contributed by atoms with van der Waals surface area (Å²) in [6.07, 6.45) is 16.0. The van der Waals surface area contributed by atoms with Crippen molar-refractivity contribution in [3.05, 3.63) is 193 Å².